The maximum Gasteiger partial charge on any atom is 0.238 e. The largest absolute Gasteiger partial charge is 0.314 e. The summed E-state index contributed by atoms with van der Waals surface area (Å²) in [6.07, 6.45) is 0. The summed E-state index contributed by atoms with van der Waals surface area (Å²) in [4.78, 5) is 19.2. The van der Waals surface area contributed by atoms with Crippen molar-refractivity contribution in [3.8, 4) is 0 Å². The molecule has 0 fully saturated rings. The van der Waals surface area contributed by atoms with Crippen LogP contribution in [0, 0.1) is 0 Å². The molecule has 1 amide bonds. The van der Waals surface area contributed by atoms with Crippen LogP contribution in [0.2, 0.25) is 5.02 Å². The van der Waals surface area contributed by atoms with Gasteiger partial charge in [0.2, 0.25) is 5.91 Å². The van der Waals surface area contributed by atoms with Crippen LogP contribution in [0.5, 0.6) is 0 Å². The van der Waals surface area contributed by atoms with Crippen molar-refractivity contribution in [2.24, 2.45) is 0 Å². The first-order chi connectivity index (χ1) is 10.4. The highest BCUT2D eigenvalue weighted by atomic mass is 35.5. The Bertz CT molecular complexity index is 962. The Morgan fingerprint density at radius 3 is 2.59 bits per heavy atom. The zero-order chi connectivity index (χ0) is 15.6. The highest BCUT2D eigenvalue weighted by Crippen LogP contribution is 2.44. The standard InChI is InChI=1S/C18H15ClN2O/c1-18(2)16-15-10(6-4-9-13(15)21(3)17(18)22)14-11(19)7-5-8-12(14)20-16/h4-9H,1-3H3. The minimum absolute atomic E-state index is 0.0568. The summed E-state index contributed by atoms with van der Waals surface area (Å²) in [5.74, 6) is 0.0568. The molecular weight excluding hydrogens is 296 g/mol. The monoisotopic (exact) mass is 310 g/mol. The topological polar surface area (TPSA) is 33.2 Å². The molecule has 0 unspecified atom stereocenters. The van der Waals surface area contributed by atoms with Gasteiger partial charge in [0.1, 0.15) is 0 Å². The lowest BCUT2D eigenvalue weighted by Crippen LogP contribution is -2.45. The fourth-order valence-corrected chi connectivity index (χ4v) is 3.68. The Morgan fingerprint density at radius 2 is 1.82 bits per heavy atom. The predicted octanol–water partition coefficient (Wildman–Crippen LogP) is 4.30. The maximum absolute atomic E-state index is 12.7. The number of fused-ring (bicyclic) bond motifs is 2. The summed E-state index contributed by atoms with van der Waals surface area (Å²) in [6, 6.07) is 11.7. The van der Waals surface area contributed by atoms with E-state index in [1.54, 1.807) is 4.90 Å². The minimum Gasteiger partial charge on any atom is -0.314 e. The number of aromatic nitrogens is 1. The highest BCUT2D eigenvalue weighted by molar-refractivity contribution is 6.38. The van der Waals surface area contributed by atoms with E-state index in [-0.39, 0.29) is 5.91 Å². The number of hydrogen-bond acceptors (Lipinski definition) is 2. The average molecular weight is 311 g/mol. The van der Waals surface area contributed by atoms with Crippen molar-refractivity contribution in [2.75, 3.05) is 11.9 Å². The van der Waals surface area contributed by atoms with Gasteiger partial charge in [-0.25, -0.2) is 0 Å². The van der Waals surface area contributed by atoms with Gasteiger partial charge in [0.15, 0.2) is 0 Å². The molecular formula is C18H15ClN2O. The smallest absolute Gasteiger partial charge is 0.238 e. The van der Waals surface area contributed by atoms with Gasteiger partial charge in [-0.05, 0) is 37.4 Å². The van der Waals surface area contributed by atoms with E-state index in [4.69, 9.17) is 16.6 Å². The molecule has 4 rings (SSSR count). The number of hydrogen-bond donors (Lipinski definition) is 0. The summed E-state index contributed by atoms with van der Waals surface area (Å²) in [5, 5.41) is 3.71. The van der Waals surface area contributed by atoms with E-state index in [9.17, 15) is 4.79 Å². The second kappa shape index (κ2) is 4.20. The number of nitrogens with zero attached hydrogens (tertiary/aromatic N) is 2. The summed E-state index contributed by atoms with van der Waals surface area (Å²) in [5.41, 5.74) is 1.90. The van der Waals surface area contributed by atoms with Gasteiger partial charge < -0.3 is 4.90 Å². The van der Waals surface area contributed by atoms with Crippen molar-refractivity contribution < 1.29 is 4.79 Å². The van der Waals surface area contributed by atoms with Crippen molar-refractivity contribution in [1.82, 2.24) is 4.98 Å². The summed E-state index contributed by atoms with van der Waals surface area (Å²) in [7, 11) is 1.82. The van der Waals surface area contributed by atoms with Crippen LogP contribution in [-0.2, 0) is 10.2 Å². The molecule has 0 saturated carbocycles. The van der Waals surface area contributed by atoms with Gasteiger partial charge in [-0.1, -0.05) is 29.8 Å². The SMILES string of the molecule is CN1C(=O)C(C)(C)c2nc3cccc(Cl)c3c3cccc1c23. The summed E-state index contributed by atoms with van der Waals surface area (Å²) in [6.45, 7) is 3.86. The quantitative estimate of drug-likeness (QED) is 0.580. The Labute approximate surface area is 133 Å². The molecule has 0 spiro atoms. The molecule has 0 saturated heterocycles. The highest BCUT2D eigenvalue weighted by Gasteiger charge is 2.41. The van der Waals surface area contributed by atoms with E-state index in [2.05, 4.69) is 6.07 Å². The minimum atomic E-state index is -0.655. The molecule has 4 heteroatoms. The van der Waals surface area contributed by atoms with E-state index < -0.39 is 5.41 Å². The first kappa shape index (κ1) is 13.5. The van der Waals surface area contributed by atoms with Crippen LogP contribution in [0.15, 0.2) is 36.4 Å². The zero-order valence-electron chi connectivity index (χ0n) is 12.6. The third-order valence-corrected chi connectivity index (χ3v) is 4.88. The Balaban J connectivity index is 2.32. The molecule has 110 valence electrons. The molecule has 2 heterocycles. The van der Waals surface area contributed by atoms with Crippen LogP contribution >= 0.6 is 11.6 Å². The number of amides is 1. The Hall–Kier alpha value is -2.13. The van der Waals surface area contributed by atoms with Crippen molar-refractivity contribution >= 4 is 44.9 Å². The average Bonchev–Trinajstić information content (AvgIpc) is 2.50. The Morgan fingerprint density at radius 1 is 1.09 bits per heavy atom. The van der Waals surface area contributed by atoms with Crippen LogP contribution in [0.25, 0.3) is 21.7 Å². The lowest BCUT2D eigenvalue weighted by Gasteiger charge is -2.36. The molecule has 22 heavy (non-hydrogen) atoms. The van der Waals surface area contributed by atoms with E-state index in [1.165, 1.54) is 0 Å². The van der Waals surface area contributed by atoms with E-state index in [0.717, 1.165) is 33.1 Å². The second-order valence-electron chi connectivity index (χ2n) is 6.28. The van der Waals surface area contributed by atoms with E-state index in [1.807, 2.05) is 51.2 Å². The van der Waals surface area contributed by atoms with Crippen LogP contribution in [-0.4, -0.2) is 17.9 Å². The van der Waals surface area contributed by atoms with E-state index in [0.29, 0.717) is 5.02 Å². The lowest BCUT2D eigenvalue weighted by atomic mass is 9.80. The molecule has 0 radical (unpaired) electrons. The van der Waals surface area contributed by atoms with Crippen molar-refractivity contribution in [1.29, 1.82) is 0 Å². The van der Waals surface area contributed by atoms with Gasteiger partial charge in [-0.3, -0.25) is 9.78 Å². The van der Waals surface area contributed by atoms with Crippen LogP contribution in [0.4, 0.5) is 5.69 Å². The number of halogens is 1. The number of benzene rings is 2. The number of likely N-dealkylation sites (N-methyl/N-ethyl adjacent to an activating group) is 1. The number of carbonyl (C=O) groups is 1. The van der Waals surface area contributed by atoms with Crippen molar-refractivity contribution in [2.45, 2.75) is 19.3 Å². The van der Waals surface area contributed by atoms with Gasteiger partial charge in [-0.2, -0.15) is 0 Å². The number of carbonyl (C=O) groups excluding carboxylic acids is 1. The maximum atomic E-state index is 12.7. The molecule has 2 aromatic carbocycles. The number of rotatable bonds is 0. The van der Waals surface area contributed by atoms with Gasteiger partial charge in [0, 0.05) is 17.8 Å². The first-order valence-corrected chi connectivity index (χ1v) is 7.60. The molecule has 0 aliphatic carbocycles. The zero-order valence-corrected chi connectivity index (χ0v) is 13.4. The third kappa shape index (κ3) is 1.52. The van der Waals surface area contributed by atoms with Gasteiger partial charge >= 0.3 is 0 Å². The third-order valence-electron chi connectivity index (χ3n) is 4.57. The normalized spacial score (nSPS) is 16.5. The fourth-order valence-electron chi connectivity index (χ4n) is 3.41. The number of pyridine rings is 1. The second-order valence-corrected chi connectivity index (χ2v) is 6.69. The fraction of sp³-hybridized carbons (Fsp3) is 0.222. The molecule has 3 aromatic rings. The molecule has 1 aliphatic rings. The molecule has 0 atom stereocenters. The molecule has 0 bridgehead atoms. The predicted molar refractivity (Wildman–Crippen MR) is 90.7 cm³/mol. The first-order valence-electron chi connectivity index (χ1n) is 7.22. The molecule has 1 aromatic heterocycles. The molecule has 0 N–H and O–H groups in total. The van der Waals surface area contributed by atoms with E-state index >= 15 is 0 Å². The Kier molecular flexibility index (Phi) is 2.58. The van der Waals surface area contributed by atoms with Gasteiger partial charge in [0.25, 0.3) is 0 Å². The van der Waals surface area contributed by atoms with Crippen LogP contribution in [0.1, 0.15) is 19.5 Å². The van der Waals surface area contributed by atoms with Gasteiger partial charge in [0.05, 0.1) is 27.3 Å². The number of anilines is 1. The van der Waals surface area contributed by atoms with Gasteiger partial charge in [-0.15, -0.1) is 0 Å². The van der Waals surface area contributed by atoms with Crippen LogP contribution < -0.4 is 4.90 Å². The van der Waals surface area contributed by atoms with Crippen LogP contribution in [0.3, 0.4) is 0 Å². The van der Waals surface area contributed by atoms with Crippen molar-refractivity contribution in [3.05, 3.63) is 47.1 Å². The molecule has 3 nitrogen and oxygen atoms in total. The lowest BCUT2D eigenvalue weighted by molar-refractivity contribution is -0.123. The molecule has 1 aliphatic heterocycles. The summed E-state index contributed by atoms with van der Waals surface area (Å²) >= 11 is 6.42. The summed E-state index contributed by atoms with van der Waals surface area (Å²) < 4.78 is 0. The van der Waals surface area contributed by atoms with Crippen molar-refractivity contribution in [3.63, 3.8) is 0 Å².